The molecular formula is C22H31NO3. The maximum Gasteiger partial charge on any atom is 0.241 e. The number of ether oxygens (including phenoxy) is 2. The second-order valence-corrected chi connectivity index (χ2v) is 6.54. The number of hydrogen-bond donors (Lipinski definition) is 1. The van der Waals surface area contributed by atoms with E-state index in [1.54, 1.807) is 14.2 Å². The quantitative estimate of drug-likeness (QED) is 0.509. The molecule has 0 aliphatic carbocycles. The zero-order chi connectivity index (χ0) is 19.5. The lowest BCUT2D eigenvalue weighted by molar-refractivity contribution is -0.113. The Hall–Kier alpha value is -2.17. The van der Waals surface area contributed by atoms with Gasteiger partial charge in [-0.25, -0.2) is 0 Å². The predicted octanol–water partition coefficient (Wildman–Crippen LogP) is 3.99. The summed E-state index contributed by atoms with van der Waals surface area (Å²) in [5.74, 6) is -0.152. The molecule has 4 nitrogen and oxygen atoms in total. The lowest BCUT2D eigenvalue weighted by Crippen LogP contribution is -2.35. The second-order valence-electron chi connectivity index (χ2n) is 6.54. The van der Waals surface area contributed by atoms with Crippen LogP contribution < -0.4 is 5.73 Å². The van der Waals surface area contributed by atoms with Gasteiger partial charge in [-0.15, -0.1) is 0 Å². The van der Waals surface area contributed by atoms with Crippen LogP contribution in [0.5, 0.6) is 0 Å². The Morgan fingerprint density at radius 1 is 1.08 bits per heavy atom. The SMILES string of the molecule is CO[C@H]([C@H](C)[C@H](C=Cc1ccccc1)OC)[C@@H](C)C=CC(C)=CC(N)=O. The van der Waals surface area contributed by atoms with Crippen molar-refractivity contribution in [3.05, 3.63) is 65.8 Å². The highest BCUT2D eigenvalue weighted by Gasteiger charge is 2.27. The van der Waals surface area contributed by atoms with E-state index in [4.69, 9.17) is 15.2 Å². The van der Waals surface area contributed by atoms with Gasteiger partial charge in [-0.1, -0.05) is 68.5 Å². The Balaban J connectivity index is 2.83. The molecule has 0 bridgehead atoms. The molecule has 0 radical (unpaired) electrons. The van der Waals surface area contributed by atoms with E-state index in [-0.39, 0.29) is 24.0 Å². The van der Waals surface area contributed by atoms with Gasteiger partial charge in [0.25, 0.3) is 0 Å². The molecule has 1 rings (SSSR count). The van der Waals surface area contributed by atoms with E-state index in [1.165, 1.54) is 6.08 Å². The summed E-state index contributed by atoms with van der Waals surface area (Å²) in [5.41, 5.74) is 7.13. The number of methoxy groups -OCH3 is 2. The highest BCUT2D eigenvalue weighted by atomic mass is 16.5. The number of carbonyl (C=O) groups is 1. The van der Waals surface area contributed by atoms with E-state index in [1.807, 2.05) is 37.3 Å². The number of carbonyl (C=O) groups excluding carboxylic acids is 1. The Morgan fingerprint density at radius 2 is 1.73 bits per heavy atom. The third kappa shape index (κ3) is 7.38. The fraction of sp³-hybridized carbons (Fsp3) is 0.409. The summed E-state index contributed by atoms with van der Waals surface area (Å²) < 4.78 is 11.4. The number of primary amides is 1. The third-order valence-corrected chi connectivity index (χ3v) is 4.41. The van der Waals surface area contributed by atoms with Crippen molar-refractivity contribution >= 4 is 12.0 Å². The number of nitrogens with two attached hydrogens (primary N) is 1. The zero-order valence-corrected chi connectivity index (χ0v) is 16.4. The van der Waals surface area contributed by atoms with E-state index >= 15 is 0 Å². The van der Waals surface area contributed by atoms with Crippen LogP contribution in [0.4, 0.5) is 0 Å². The summed E-state index contributed by atoms with van der Waals surface area (Å²) in [5, 5.41) is 0. The molecule has 26 heavy (non-hydrogen) atoms. The fourth-order valence-corrected chi connectivity index (χ4v) is 3.02. The maximum atomic E-state index is 10.9. The Bertz CT molecular complexity index is 634. The first-order valence-electron chi connectivity index (χ1n) is 8.83. The van der Waals surface area contributed by atoms with Crippen LogP contribution in [-0.4, -0.2) is 32.3 Å². The molecule has 0 aliphatic rings. The van der Waals surface area contributed by atoms with Crippen LogP contribution >= 0.6 is 0 Å². The van der Waals surface area contributed by atoms with Gasteiger partial charge in [-0.2, -0.15) is 0 Å². The van der Waals surface area contributed by atoms with Crippen LogP contribution in [-0.2, 0) is 14.3 Å². The van der Waals surface area contributed by atoms with Crippen LogP contribution in [0, 0.1) is 11.8 Å². The molecule has 1 amide bonds. The van der Waals surface area contributed by atoms with E-state index in [2.05, 4.69) is 38.1 Å². The highest BCUT2D eigenvalue weighted by Crippen LogP contribution is 2.24. The molecule has 142 valence electrons. The minimum atomic E-state index is -0.443. The van der Waals surface area contributed by atoms with Crippen molar-refractivity contribution in [2.75, 3.05) is 14.2 Å². The van der Waals surface area contributed by atoms with Crippen molar-refractivity contribution in [1.82, 2.24) is 0 Å². The highest BCUT2D eigenvalue weighted by molar-refractivity contribution is 5.86. The second kappa shape index (κ2) is 11.4. The first kappa shape index (κ1) is 21.9. The van der Waals surface area contributed by atoms with Crippen molar-refractivity contribution in [1.29, 1.82) is 0 Å². The van der Waals surface area contributed by atoms with Gasteiger partial charge in [0.2, 0.25) is 5.91 Å². The van der Waals surface area contributed by atoms with Crippen molar-refractivity contribution in [3.63, 3.8) is 0 Å². The fourth-order valence-electron chi connectivity index (χ4n) is 3.02. The molecule has 0 fully saturated rings. The molecular weight excluding hydrogens is 326 g/mol. The van der Waals surface area contributed by atoms with Crippen LogP contribution in [0.15, 0.2) is 60.2 Å². The van der Waals surface area contributed by atoms with Gasteiger partial charge in [0, 0.05) is 32.1 Å². The number of amides is 1. The van der Waals surface area contributed by atoms with Gasteiger partial charge < -0.3 is 15.2 Å². The normalized spacial score (nSPS) is 17.3. The summed E-state index contributed by atoms with van der Waals surface area (Å²) in [7, 11) is 3.43. The van der Waals surface area contributed by atoms with Crippen LogP contribution in [0.3, 0.4) is 0 Å². The summed E-state index contributed by atoms with van der Waals surface area (Å²) in [6, 6.07) is 10.1. The molecule has 2 N–H and O–H groups in total. The molecule has 0 aromatic heterocycles. The standard InChI is InChI=1S/C22H31NO3/c1-16(15-21(23)24)11-12-17(2)22(26-5)18(3)20(25-4)14-13-19-9-7-6-8-10-19/h6-15,17-18,20,22H,1-5H3,(H2,23,24)/t17-,18+,20-,22-/m0/s1. The van der Waals surface area contributed by atoms with Crippen LogP contribution in [0.1, 0.15) is 26.3 Å². The summed E-state index contributed by atoms with van der Waals surface area (Å²) in [6.07, 6.45) is 9.38. The van der Waals surface area contributed by atoms with Crippen LogP contribution in [0.25, 0.3) is 6.08 Å². The monoisotopic (exact) mass is 357 g/mol. The smallest absolute Gasteiger partial charge is 0.241 e. The first-order valence-corrected chi connectivity index (χ1v) is 8.83. The lowest BCUT2D eigenvalue weighted by atomic mass is 9.88. The molecule has 1 aromatic carbocycles. The molecule has 0 spiro atoms. The van der Waals surface area contributed by atoms with Crippen molar-refractivity contribution in [2.45, 2.75) is 33.0 Å². The van der Waals surface area contributed by atoms with Crippen LogP contribution in [0.2, 0.25) is 0 Å². The van der Waals surface area contributed by atoms with Gasteiger partial charge in [-0.3, -0.25) is 4.79 Å². The van der Waals surface area contributed by atoms with Gasteiger partial charge in [0.15, 0.2) is 0 Å². The molecule has 0 aliphatic heterocycles. The maximum absolute atomic E-state index is 10.9. The van der Waals surface area contributed by atoms with Gasteiger partial charge in [0.05, 0.1) is 12.2 Å². The summed E-state index contributed by atoms with van der Waals surface area (Å²) >= 11 is 0. The topological polar surface area (TPSA) is 61.6 Å². The molecule has 0 heterocycles. The largest absolute Gasteiger partial charge is 0.380 e. The molecule has 4 heteroatoms. The van der Waals surface area contributed by atoms with E-state index in [9.17, 15) is 4.79 Å². The lowest BCUT2D eigenvalue weighted by Gasteiger charge is -2.30. The number of allylic oxidation sites excluding steroid dienone is 2. The minimum absolute atomic E-state index is 0.0296. The first-order chi connectivity index (χ1) is 12.4. The van der Waals surface area contributed by atoms with Gasteiger partial charge >= 0.3 is 0 Å². The average Bonchev–Trinajstić information content (AvgIpc) is 2.61. The van der Waals surface area contributed by atoms with Gasteiger partial charge in [0.1, 0.15) is 0 Å². The van der Waals surface area contributed by atoms with Crippen molar-refractivity contribution in [3.8, 4) is 0 Å². The average molecular weight is 357 g/mol. The predicted molar refractivity (Wildman–Crippen MR) is 107 cm³/mol. The summed E-state index contributed by atoms with van der Waals surface area (Å²) in [4.78, 5) is 10.9. The molecule has 1 aromatic rings. The third-order valence-electron chi connectivity index (χ3n) is 4.41. The molecule has 4 atom stereocenters. The molecule has 0 unspecified atom stereocenters. The van der Waals surface area contributed by atoms with E-state index in [0.717, 1.165) is 11.1 Å². The summed E-state index contributed by atoms with van der Waals surface area (Å²) in [6.45, 7) is 6.06. The Morgan fingerprint density at radius 3 is 2.27 bits per heavy atom. The molecule has 0 saturated heterocycles. The van der Waals surface area contributed by atoms with Crippen molar-refractivity contribution in [2.24, 2.45) is 17.6 Å². The Labute approximate surface area is 157 Å². The van der Waals surface area contributed by atoms with Crippen molar-refractivity contribution < 1.29 is 14.3 Å². The van der Waals surface area contributed by atoms with E-state index in [0.29, 0.717) is 0 Å². The number of hydrogen-bond acceptors (Lipinski definition) is 3. The molecule has 0 saturated carbocycles. The number of benzene rings is 1. The van der Waals surface area contributed by atoms with E-state index < -0.39 is 5.91 Å². The zero-order valence-electron chi connectivity index (χ0n) is 16.4. The Kier molecular flexibility index (Phi) is 9.63. The minimum Gasteiger partial charge on any atom is -0.380 e. The number of rotatable bonds is 10. The van der Waals surface area contributed by atoms with Gasteiger partial charge in [-0.05, 0) is 18.1 Å².